The van der Waals surface area contributed by atoms with E-state index in [0.717, 1.165) is 11.3 Å². The zero-order valence-corrected chi connectivity index (χ0v) is 21.1. The molecule has 7 nitrogen and oxygen atoms in total. The Hall–Kier alpha value is -2.68. The Bertz CT molecular complexity index is 1110. The molecular weight excluding hydrogens is 481 g/mol. The van der Waals surface area contributed by atoms with E-state index in [2.05, 4.69) is 20.8 Å². The molecule has 0 radical (unpaired) electrons. The van der Waals surface area contributed by atoms with Gasteiger partial charge in [0.05, 0.1) is 0 Å². The lowest BCUT2D eigenvalue weighted by molar-refractivity contribution is -0.119. The molecule has 174 valence electrons. The zero-order chi connectivity index (χ0) is 24.1. The van der Waals surface area contributed by atoms with Crippen molar-refractivity contribution in [2.75, 3.05) is 24.3 Å². The van der Waals surface area contributed by atoms with Crippen LogP contribution in [0.3, 0.4) is 0 Å². The van der Waals surface area contributed by atoms with Gasteiger partial charge >= 0.3 is 0 Å². The minimum atomic E-state index is -0.771. The van der Waals surface area contributed by atoms with Gasteiger partial charge in [0.15, 0.2) is 0 Å². The van der Waals surface area contributed by atoms with Gasteiger partial charge in [-0.3, -0.25) is 14.9 Å². The summed E-state index contributed by atoms with van der Waals surface area (Å²) in [7, 11) is 3.95. The van der Waals surface area contributed by atoms with Gasteiger partial charge < -0.3 is 10.2 Å². The van der Waals surface area contributed by atoms with Crippen LogP contribution in [0.15, 0.2) is 42.5 Å². The van der Waals surface area contributed by atoms with Crippen LogP contribution in [0.4, 0.5) is 10.8 Å². The summed E-state index contributed by atoms with van der Waals surface area (Å²) in [5.41, 5.74) is 2.26. The number of amides is 2. The van der Waals surface area contributed by atoms with Crippen molar-refractivity contribution in [1.29, 1.82) is 0 Å². The molecule has 0 bridgehead atoms. The fourth-order valence-electron chi connectivity index (χ4n) is 3.09. The number of halogens is 2. The maximum atomic E-state index is 13.0. The average Bonchev–Trinajstić information content (AvgIpc) is 3.24. The van der Waals surface area contributed by atoms with E-state index in [1.54, 1.807) is 6.07 Å². The molecule has 2 unspecified atom stereocenters. The molecule has 33 heavy (non-hydrogen) atoms. The monoisotopic (exact) mass is 505 g/mol. The molecule has 2 aromatic carbocycles. The fourth-order valence-corrected chi connectivity index (χ4v) is 4.37. The second kappa shape index (κ2) is 11.0. The Balaban J connectivity index is 1.73. The van der Waals surface area contributed by atoms with Gasteiger partial charge in [0, 0.05) is 41.0 Å². The number of nitrogens with one attached hydrogen (secondary N) is 2. The third-order valence-electron chi connectivity index (χ3n) is 5.19. The first-order valence-electron chi connectivity index (χ1n) is 10.4. The number of hydrogen-bond donors (Lipinski definition) is 2. The topological polar surface area (TPSA) is 87.2 Å². The van der Waals surface area contributed by atoms with Gasteiger partial charge in [-0.15, -0.1) is 10.2 Å². The number of rotatable bonds is 8. The van der Waals surface area contributed by atoms with Gasteiger partial charge in [-0.25, -0.2) is 0 Å². The highest BCUT2D eigenvalue weighted by atomic mass is 35.5. The van der Waals surface area contributed by atoms with Crippen LogP contribution in [0.5, 0.6) is 0 Å². The van der Waals surface area contributed by atoms with Crippen LogP contribution in [-0.2, 0) is 4.79 Å². The van der Waals surface area contributed by atoms with Crippen molar-refractivity contribution in [3.05, 3.63) is 58.1 Å². The Kier molecular flexibility index (Phi) is 8.29. The van der Waals surface area contributed by atoms with Crippen molar-refractivity contribution in [1.82, 2.24) is 15.5 Å². The van der Waals surface area contributed by atoms with Crippen molar-refractivity contribution in [3.8, 4) is 10.6 Å². The molecule has 0 spiro atoms. The number of aromatic nitrogens is 2. The van der Waals surface area contributed by atoms with Gasteiger partial charge in [0.1, 0.15) is 11.0 Å². The van der Waals surface area contributed by atoms with E-state index in [0.29, 0.717) is 26.6 Å². The van der Waals surface area contributed by atoms with E-state index in [4.69, 9.17) is 23.2 Å². The molecule has 0 saturated heterocycles. The molecular formula is C23H25Cl2N5O2S. The second-order valence-corrected chi connectivity index (χ2v) is 9.69. The Morgan fingerprint density at radius 1 is 1.06 bits per heavy atom. The summed E-state index contributed by atoms with van der Waals surface area (Å²) in [5.74, 6) is -0.912. The Labute approximate surface area is 207 Å². The first-order chi connectivity index (χ1) is 15.7. The minimum Gasteiger partial charge on any atom is -0.378 e. The maximum Gasteiger partial charge on any atom is 0.252 e. The number of nitrogens with zero attached hydrogens (tertiary/aromatic N) is 3. The van der Waals surface area contributed by atoms with Crippen LogP contribution in [0.2, 0.25) is 10.0 Å². The molecule has 2 amide bonds. The lowest BCUT2D eigenvalue weighted by Crippen LogP contribution is -2.47. The molecule has 0 aliphatic carbocycles. The highest BCUT2D eigenvalue weighted by Crippen LogP contribution is 2.28. The predicted octanol–water partition coefficient (Wildman–Crippen LogP) is 5.36. The summed E-state index contributed by atoms with van der Waals surface area (Å²) >= 11 is 13.3. The first-order valence-corrected chi connectivity index (χ1v) is 11.9. The van der Waals surface area contributed by atoms with Gasteiger partial charge in [0.25, 0.3) is 5.91 Å². The summed E-state index contributed by atoms with van der Waals surface area (Å²) in [4.78, 5) is 27.8. The predicted molar refractivity (Wildman–Crippen MR) is 135 cm³/mol. The SMILES string of the molecule is CCC(C)C(NC(=O)c1cc(Cl)cc(Cl)c1)C(=O)Nc1nnc(-c2ccc(N(C)C)cc2)s1. The molecule has 2 N–H and O–H groups in total. The van der Waals surface area contributed by atoms with E-state index < -0.39 is 11.9 Å². The standard InChI is InChI=1S/C23H25Cl2N5O2S/c1-5-13(2)19(26-20(31)15-10-16(24)12-17(25)11-15)21(32)27-23-29-28-22(33-23)14-6-8-18(9-7-14)30(3)4/h6-13,19H,5H2,1-4H3,(H,26,31)(H,27,29,32). The molecule has 10 heteroatoms. The van der Waals surface area contributed by atoms with Crippen molar-refractivity contribution in [3.63, 3.8) is 0 Å². The number of anilines is 2. The normalized spacial score (nSPS) is 12.7. The third kappa shape index (κ3) is 6.43. The van der Waals surface area contributed by atoms with Crippen LogP contribution >= 0.6 is 34.5 Å². The van der Waals surface area contributed by atoms with E-state index in [1.807, 2.05) is 57.1 Å². The highest BCUT2D eigenvalue weighted by Gasteiger charge is 2.27. The quantitative estimate of drug-likeness (QED) is 0.430. The molecule has 0 saturated carbocycles. The van der Waals surface area contributed by atoms with Gasteiger partial charge in [0.2, 0.25) is 11.0 Å². The number of hydrogen-bond acceptors (Lipinski definition) is 6. The molecule has 0 aliphatic heterocycles. The molecule has 3 aromatic rings. The lowest BCUT2D eigenvalue weighted by atomic mass is 9.98. The average molecular weight is 506 g/mol. The van der Waals surface area contributed by atoms with E-state index in [-0.39, 0.29) is 17.4 Å². The lowest BCUT2D eigenvalue weighted by Gasteiger charge is -2.23. The van der Waals surface area contributed by atoms with Crippen molar-refractivity contribution in [2.45, 2.75) is 26.3 Å². The van der Waals surface area contributed by atoms with Crippen LogP contribution in [0, 0.1) is 5.92 Å². The van der Waals surface area contributed by atoms with Crippen LogP contribution in [0.1, 0.15) is 30.6 Å². The highest BCUT2D eigenvalue weighted by molar-refractivity contribution is 7.18. The van der Waals surface area contributed by atoms with Crippen LogP contribution in [0.25, 0.3) is 10.6 Å². The van der Waals surface area contributed by atoms with Crippen molar-refractivity contribution >= 4 is 57.2 Å². The Morgan fingerprint density at radius 2 is 1.70 bits per heavy atom. The largest absolute Gasteiger partial charge is 0.378 e. The molecule has 1 aromatic heterocycles. The summed E-state index contributed by atoms with van der Waals surface area (Å²) in [6, 6.07) is 11.7. The zero-order valence-electron chi connectivity index (χ0n) is 18.7. The van der Waals surface area contributed by atoms with Crippen LogP contribution < -0.4 is 15.5 Å². The molecule has 3 rings (SSSR count). The number of carbonyl (C=O) groups is 2. The first kappa shape index (κ1) is 25.0. The van der Waals surface area contributed by atoms with Gasteiger partial charge in [-0.05, 0) is 48.4 Å². The minimum absolute atomic E-state index is 0.116. The van der Waals surface area contributed by atoms with E-state index >= 15 is 0 Å². The molecule has 0 aliphatic rings. The molecule has 0 fully saturated rings. The summed E-state index contributed by atoms with van der Waals surface area (Å²) in [5, 5.41) is 15.6. The Morgan fingerprint density at radius 3 is 2.27 bits per heavy atom. The van der Waals surface area contributed by atoms with Gasteiger partial charge in [-0.1, -0.05) is 54.8 Å². The smallest absolute Gasteiger partial charge is 0.252 e. The van der Waals surface area contributed by atoms with E-state index in [1.165, 1.54) is 23.5 Å². The van der Waals surface area contributed by atoms with Crippen LogP contribution in [-0.4, -0.2) is 42.1 Å². The van der Waals surface area contributed by atoms with Gasteiger partial charge in [-0.2, -0.15) is 0 Å². The van der Waals surface area contributed by atoms with Crippen molar-refractivity contribution < 1.29 is 9.59 Å². The second-order valence-electron chi connectivity index (χ2n) is 7.84. The maximum absolute atomic E-state index is 13.0. The van der Waals surface area contributed by atoms with Crippen molar-refractivity contribution in [2.24, 2.45) is 5.92 Å². The summed E-state index contributed by atoms with van der Waals surface area (Å²) < 4.78 is 0. The fraction of sp³-hybridized carbons (Fsp3) is 0.304. The number of carbonyl (C=O) groups excluding carboxylic acids is 2. The van der Waals surface area contributed by atoms with E-state index in [9.17, 15) is 9.59 Å². The number of benzene rings is 2. The summed E-state index contributed by atoms with van der Waals surface area (Å²) in [6.45, 7) is 3.85. The molecule has 2 atom stereocenters. The third-order valence-corrected chi connectivity index (χ3v) is 6.52. The summed E-state index contributed by atoms with van der Waals surface area (Å²) in [6.07, 6.45) is 0.689. The molecule has 1 heterocycles.